The van der Waals surface area contributed by atoms with Crippen LogP contribution < -0.4 is 10.1 Å². The monoisotopic (exact) mass is 430 g/mol. The average Bonchev–Trinajstić information content (AvgIpc) is 3.15. The Labute approximate surface area is 172 Å². The van der Waals surface area contributed by atoms with Gasteiger partial charge in [-0.05, 0) is 19.1 Å². The van der Waals surface area contributed by atoms with E-state index < -0.39 is 11.7 Å². The van der Waals surface area contributed by atoms with Crippen molar-refractivity contribution in [3.05, 3.63) is 45.9 Å². The molecule has 0 aliphatic carbocycles. The molecular formula is C19H25F3N4O2S. The van der Waals surface area contributed by atoms with Gasteiger partial charge in [0.25, 0.3) is 0 Å². The van der Waals surface area contributed by atoms with Gasteiger partial charge in [-0.15, -0.1) is 11.3 Å². The summed E-state index contributed by atoms with van der Waals surface area (Å²) in [4.78, 5) is 10.6. The van der Waals surface area contributed by atoms with Crippen molar-refractivity contribution in [1.82, 2.24) is 15.2 Å². The van der Waals surface area contributed by atoms with E-state index in [1.807, 2.05) is 24.3 Å². The van der Waals surface area contributed by atoms with Crippen molar-refractivity contribution >= 4 is 17.3 Å². The second-order valence-corrected chi connectivity index (χ2v) is 7.12. The predicted octanol–water partition coefficient (Wildman–Crippen LogP) is 3.96. The van der Waals surface area contributed by atoms with Gasteiger partial charge >= 0.3 is 6.18 Å². The van der Waals surface area contributed by atoms with E-state index >= 15 is 0 Å². The quantitative estimate of drug-likeness (QED) is 0.390. The number of thiazole rings is 1. The van der Waals surface area contributed by atoms with Crippen LogP contribution in [0, 0.1) is 0 Å². The van der Waals surface area contributed by atoms with Gasteiger partial charge in [0.2, 0.25) is 0 Å². The number of aromatic nitrogens is 1. The number of nitrogens with one attached hydrogen (secondary N) is 1. The average molecular weight is 430 g/mol. The molecule has 1 unspecified atom stereocenters. The normalized spacial score (nSPS) is 13.3. The Kier molecular flexibility index (Phi) is 8.27. The molecule has 0 fully saturated rings. The fourth-order valence-electron chi connectivity index (χ4n) is 2.54. The van der Waals surface area contributed by atoms with E-state index in [-0.39, 0.29) is 18.5 Å². The fraction of sp³-hybridized carbons (Fsp3) is 0.474. The van der Waals surface area contributed by atoms with Gasteiger partial charge < -0.3 is 19.7 Å². The van der Waals surface area contributed by atoms with E-state index in [2.05, 4.69) is 15.3 Å². The number of benzene rings is 1. The Bertz CT molecular complexity index is 811. The minimum atomic E-state index is -4.45. The highest BCUT2D eigenvalue weighted by atomic mass is 32.1. The van der Waals surface area contributed by atoms with Crippen LogP contribution in [0.15, 0.2) is 34.6 Å². The Morgan fingerprint density at radius 2 is 2.07 bits per heavy atom. The summed E-state index contributed by atoms with van der Waals surface area (Å²) in [5, 5.41) is 5.94. The molecule has 0 aliphatic heterocycles. The summed E-state index contributed by atoms with van der Waals surface area (Å²) in [6, 6.07) is 5.16. The summed E-state index contributed by atoms with van der Waals surface area (Å²) in [7, 11) is 5.13. The molecule has 0 bridgehead atoms. The molecule has 2 aromatic rings. The number of hydrogen-bond acceptors (Lipinski definition) is 5. The zero-order chi connectivity index (χ0) is 21.4. The molecule has 0 amide bonds. The topological polar surface area (TPSA) is 59.0 Å². The van der Waals surface area contributed by atoms with Crippen LogP contribution >= 0.6 is 11.3 Å². The van der Waals surface area contributed by atoms with Crippen molar-refractivity contribution in [3.63, 3.8) is 0 Å². The number of nitrogens with zero attached hydrogens (tertiary/aromatic N) is 3. The van der Waals surface area contributed by atoms with Crippen molar-refractivity contribution < 1.29 is 22.6 Å². The van der Waals surface area contributed by atoms with Crippen molar-refractivity contribution in [3.8, 4) is 5.75 Å². The van der Waals surface area contributed by atoms with Crippen LogP contribution in [-0.2, 0) is 17.5 Å². The molecule has 29 heavy (non-hydrogen) atoms. The molecule has 0 spiro atoms. The molecule has 0 saturated carbocycles. The Morgan fingerprint density at radius 1 is 1.34 bits per heavy atom. The van der Waals surface area contributed by atoms with E-state index in [1.165, 1.54) is 29.5 Å². The first kappa shape index (κ1) is 23.0. The van der Waals surface area contributed by atoms with E-state index in [4.69, 9.17) is 9.47 Å². The zero-order valence-corrected chi connectivity index (χ0v) is 17.6. The van der Waals surface area contributed by atoms with Crippen molar-refractivity contribution in [2.45, 2.75) is 25.7 Å². The van der Waals surface area contributed by atoms with Crippen LogP contribution in [0.1, 0.15) is 29.3 Å². The van der Waals surface area contributed by atoms with Crippen LogP contribution in [0.5, 0.6) is 5.75 Å². The lowest BCUT2D eigenvalue weighted by Gasteiger charge is -2.21. The van der Waals surface area contributed by atoms with Crippen molar-refractivity contribution in [2.75, 3.05) is 34.4 Å². The minimum Gasteiger partial charge on any atom is -0.491 e. The van der Waals surface area contributed by atoms with E-state index in [0.717, 1.165) is 16.8 Å². The highest BCUT2D eigenvalue weighted by Crippen LogP contribution is 2.35. The molecule has 10 heteroatoms. The van der Waals surface area contributed by atoms with Gasteiger partial charge in [-0.1, -0.05) is 12.1 Å². The van der Waals surface area contributed by atoms with E-state index in [1.54, 1.807) is 14.2 Å². The number of para-hydroxylation sites is 1. The number of aliphatic imine (C=N–C) groups is 1. The summed E-state index contributed by atoms with van der Waals surface area (Å²) in [5.74, 6) is 0.402. The third kappa shape index (κ3) is 6.60. The number of alkyl halides is 3. The molecule has 1 heterocycles. The van der Waals surface area contributed by atoms with Gasteiger partial charge in [-0.25, -0.2) is 4.98 Å². The molecular weight excluding hydrogens is 405 g/mol. The highest BCUT2D eigenvalue weighted by molar-refractivity contribution is 7.09. The molecule has 6 nitrogen and oxygen atoms in total. The second-order valence-electron chi connectivity index (χ2n) is 6.23. The van der Waals surface area contributed by atoms with E-state index in [9.17, 15) is 13.2 Å². The SMILES string of the molecule is CN=C(NCCOc1ccccc1C(F)(F)F)N(C)Cc1csc(C(C)OC)n1. The van der Waals surface area contributed by atoms with Crippen LogP contribution in [0.4, 0.5) is 13.2 Å². The first-order chi connectivity index (χ1) is 13.8. The number of ether oxygens (including phenoxy) is 2. The maximum Gasteiger partial charge on any atom is 0.419 e. The Hall–Kier alpha value is -2.33. The molecule has 2 rings (SSSR count). The smallest absolute Gasteiger partial charge is 0.419 e. The van der Waals surface area contributed by atoms with Gasteiger partial charge in [0.1, 0.15) is 23.5 Å². The number of guanidine groups is 1. The largest absolute Gasteiger partial charge is 0.491 e. The lowest BCUT2D eigenvalue weighted by molar-refractivity contribution is -0.138. The molecule has 0 aliphatic rings. The Balaban J connectivity index is 1.86. The lowest BCUT2D eigenvalue weighted by atomic mass is 10.2. The predicted molar refractivity (Wildman–Crippen MR) is 107 cm³/mol. The molecule has 0 saturated heterocycles. The fourth-order valence-corrected chi connectivity index (χ4v) is 3.38. The maximum absolute atomic E-state index is 13.0. The Morgan fingerprint density at radius 3 is 2.72 bits per heavy atom. The van der Waals surface area contributed by atoms with Crippen LogP contribution in [-0.4, -0.2) is 50.2 Å². The summed E-state index contributed by atoms with van der Waals surface area (Å²) in [5.41, 5.74) is 0.0980. The first-order valence-corrected chi connectivity index (χ1v) is 9.82. The third-order valence-corrected chi connectivity index (χ3v) is 5.13. The summed E-state index contributed by atoms with van der Waals surface area (Å²) in [6.45, 7) is 2.83. The summed E-state index contributed by atoms with van der Waals surface area (Å²) < 4.78 is 49.6. The molecule has 0 radical (unpaired) electrons. The van der Waals surface area contributed by atoms with Gasteiger partial charge in [-0.3, -0.25) is 4.99 Å². The molecule has 1 aromatic heterocycles. The van der Waals surface area contributed by atoms with E-state index in [0.29, 0.717) is 19.0 Å². The van der Waals surface area contributed by atoms with Gasteiger partial charge in [-0.2, -0.15) is 13.2 Å². The maximum atomic E-state index is 13.0. The summed E-state index contributed by atoms with van der Waals surface area (Å²) >= 11 is 1.53. The molecule has 1 N–H and O–H groups in total. The highest BCUT2D eigenvalue weighted by Gasteiger charge is 2.33. The zero-order valence-electron chi connectivity index (χ0n) is 16.8. The lowest BCUT2D eigenvalue weighted by Crippen LogP contribution is -2.40. The third-order valence-electron chi connectivity index (χ3n) is 4.08. The molecule has 1 atom stereocenters. The van der Waals surface area contributed by atoms with Gasteiger partial charge in [0, 0.05) is 26.6 Å². The van der Waals surface area contributed by atoms with Crippen molar-refractivity contribution in [2.24, 2.45) is 4.99 Å². The number of methoxy groups -OCH3 is 1. The first-order valence-electron chi connectivity index (χ1n) is 8.94. The number of halogens is 3. The number of hydrogen-bond donors (Lipinski definition) is 1. The minimum absolute atomic E-state index is 0.0617. The van der Waals surface area contributed by atoms with Crippen LogP contribution in [0.3, 0.4) is 0 Å². The molecule has 160 valence electrons. The molecule has 1 aromatic carbocycles. The van der Waals surface area contributed by atoms with Crippen LogP contribution in [0.2, 0.25) is 0 Å². The van der Waals surface area contributed by atoms with Crippen LogP contribution in [0.25, 0.3) is 0 Å². The number of rotatable bonds is 8. The van der Waals surface area contributed by atoms with Crippen molar-refractivity contribution in [1.29, 1.82) is 0 Å². The standard InChI is InChI=1S/C19H25F3N4O2S/c1-13(27-4)17-25-14(12-29-17)11-26(3)18(23-2)24-9-10-28-16-8-6-5-7-15(16)19(20,21)22/h5-8,12-13H,9-11H2,1-4H3,(H,23,24). The summed E-state index contributed by atoms with van der Waals surface area (Å²) in [6.07, 6.45) is -4.51. The van der Waals surface area contributed by atoms with Gasteiger partial charge in [0.15, 0.2) is 5.96 Å². The second kappa shape index (κ2) is 10.4. The van der Waals surface area contributed by atoms with Gasteiger partial charge in [0.05, 0.1) is 24.3 Å².